The largest absolute Gasteiger partial charge is 0.479 e. The van der Waals surface area contributed by atoms with Crippen LogP contribution in [0.3, 0.4) is 0 Å². The molecule has 0 radical (unpaired) electrons. The first-order valence-corrected chi connectivity index (χ1v) is 10.2. The number of aliphatic hydroxyl groups excluding tert-OH is 2. The molecule has 2 heterocycles. The predicted molar refractivity (Wildman–Crippen MR) is 109 cm³/mol. The summed E-state index contributed by atoms with van der Waals surface area (Å²) in [6.07, 6.45) is -6.47. The van der Waals surface area contributed by atoms with Crippen LogP contribution in [0.25, 0.3) is 0 Å². The summed E-state index contributed by atoms with van der Waals surface area (Å²) in [5.74, 6) is -9.52. The number of benzene rings is 1. The molecule has 6 atom stereocenters. The van der Waals surface area contributed by atoms with E-state index >= 15 is 0 Å². The van der Waals surface area contributed by atoms with Crippen molar-refractivity contribution in [2.45, 2.75) is 61.5 Å². The van der Waals surface area contributed by atoms with Crippen molar-refractivity contribution in [1.82, 2.24) is 0 Å². The van der Waals surface area contributed by atoms with Crippen LogP contribution in [0.15, 0.2) is 42.0 Å². The lowest BCUT2D eigenvalue weighted by atomic mass is 9.74. The molecular weight excluding hydrogens is 456 g/mol. The second kappa shape index (κ2) is 8.89. The molecule has 2 bridgehead atoms. The highest BCUT2D eigenvalue weighted by atomic mass is 16.8. The summed E-state index contributed by atoms with van der Waals surface area (Å²) in [7, 11) is 0. The average Bonchev–Trinajstić information content (AvgIpc) is 2.99. The summed E-state index contributed by atoms with van der Waals surface area (Å²) in [5, 5.41) is 60.4. The first-order chi connectivity index (χ1) is 15.8. The molecule has 6 N–H and O–H groups in total. The number of Topliss-reactive ketones (excluding diaryl/α,β-unsaturated/α-hetero) is 1. The maximum absolute atomic E-state index is 12.5. The first kappa shape index (κ1) is 25.5. The van der Waals surface area contributed by atoms with Crippen molar-refractivity contribution in [3.63, 3.8) is 0 Å². The maximum atomic E-state index is 12.5. The number of carbonyl (C=O) groups is 4. The molecule has 2 saturated heterocycles. The van der Waals surface area contributed by atoms with Crippen molar-refractivity contribution in [2.24, 2.45) is 0 Å². The maximum Gasteiger partial charge on any atom is 0.343 e. The van der Waals surface area contributed by atoms with Crippen LogP contribution >= 0.6 is 0 Å². The van der Waals surface area contributed by atoms with Gasteiger partial charge in [0.15, 0.2) is 5.78 Å². The first-order valence-electron chi connectivity index (χ1n) is 10.2. The van der Waals surface area contributed by atoms with Gasteiger partial charge < -0.3 is 40.1 Å². The summed E-state index contributed by atoms with van der Waals surface area (Å²) in [4.78, 5) is 48.1. The second-order valence-electron chi connectivity index (χ2n) is 8.25. The van der Waals surface area contributed by atoms with Crippen LogP contribution in [0.2, 0.25) is 0 Å². The van der Waals surface area contributed by atoms with Gasteiger partial charge in [-0.05, 0) is 24.5 Å². The highest BCUT2D eigenvalue weighted by Gasteiger charge is 2.84. The van der Waals surface area contributed by atoms with Crippen LogP contribution < -0.4 is 0 Å². The number of hydrogen-bond acceptors (Lipinski definition) is 9. The minimum Gasteiger partial charge on any atom is -0.479 e. The summed E-state index contributed by atoms with van der Waals surface area (Å²) < 4.78 is 10.3. The fourth-order valence-electron chi connectivity index (χ4n) is 4.29. The highest BCUT2D eigenvalue weighted by Crippen LogP contribution is 2.54. The molecule has 1 aromatic rings. The standard InChI is InChI=1S/C22H24O12/c1-11(13(23)8-7-12-5-3-2-4-6-12)9-10-20-14(24)15(25)22(34-20,19(30)31)21(32,18(28)29)16(33-20)17(26)27/h2-6,9,14-16,24-25,32H,7-8,10H2,1H3,(H,26,27)(H,28,29)(H,30,31)/b11-9+. The fraction of sp³-hybridized carbons (Fsp3) is 0.455. The van der Waals surface area contributed by atoms with Gasteiger partial charge in [-0.2, -0.15) is 0 Å². The number of hydrogen-bond donors (Lipinski definition) is 6. The number of ether oxygens (including phenoxy) is 2. The number of ketones is 1. The molecule has 184 valence electrons. The van der Waals surface area contributed by atoms with Gasteiger partial charge in [-0.15, -0.1) is 0 Å². The molecule has 6 unspecified atom stereocenters. The van der Waals surface area contributed by atoms with Gasteiger partial charge in [0.2, 0.25) is 23.1 Å². The van der Waals surface area contributed by atoms with Gasteiger partial charge in [0.25, 0.3) is 0 Å². The van der Waals surface area contributed by atoms with Gasteiger partial charge in [0, 0.05) is 12.8 Å². The summed E-state index contributed by atoms with van der Waals surface area (Å²) in [6.45, 7) is 1.43. The smallest absolute Gasteiger partial charge is 0.343 e. The Morgan fingerprint density at radius 2 is 1.62 bits per heavy atom. The molecule has 12 heteroatoms. The Labute approximate surface area is 192 Å². The molecule has 2 aliphatic heterocycles. The van der Waals surface area contributed by atoms with Gasteiger partial charge in [-0.3, -0.25) is 4.79 Å². The van der Waals surface area contributed by atoms with E-state index in [9.17, 15) is 49.8 Å². The second-order valence-corrected chi connectivity index (χ2v) is 8.25. The molecule has 12 nitrogen and oxygen atoms in total. The minimum atomic E-state index is -3.80. The topological polar surface area (TPSA) is 208 Å². The van der Waals surface area contributed by atoms with E-state index in [1.54, 1.807) is 0 Å². The zero-order chi connectivity index (χ0) is 25.5. The third-order valence-electron chi connectivity index (χ3n) is 6.25. The van der Waals surface area contributed by atoms with E-state index in [4.69, 9.17) is 9.47 Å². The number of fused-ring (bicyclic) bond motifs is 2. The molecule has 34 heavy (non-hydrogen) atoms. The van der Waals surface area contributed by atoms with Crippen molar-refractivity contribution >= 4 is 23.7 Å². The molecule has 0 aliphatic carbocycles. The minimum absolute atomic E-state index is 0.113. The van der Waals surface area contributed by atoms with Crippen LogP contribution in [-0.2, 0) is 35.1 Å². The quantitative estimate of drug-likeness (QED) is 0.238. The van der Waals surface area contributed by atoms with Gasteiger partial charge in [0.05, 0.1) is 0 Å². The number of aliphatic carboxylic acids is 3. The van der Waals surface area contributed by atoms with E-state index in [0.29, 0.717) is 6.42 Å². The number of rotatable bonds is 9. The molecule has 2 fully saturated rings. The Bertz CT molecular complexity index is 1040. The van der Waals surface area contributed by atoms with Crippen LogP contribution in [0.1, 0.15) is 25.3 Å². The Morgan fingerprint density at radius 3 is 2.15 bits per heavy atom. The van der Waals surface area contributed by atoms with E-state index in [-0.39, 0.29) is 17.8 Å². The van der Waals surface area contributed by atoms with Gasteiger partial charge in [0.1, 0.15) is 12.2 Å². The Kier molecular flexibility index (Phi) is 6.66. The molecule has 0 aromatic heterocycles. The average molecular weight is 480 g/mol. The van der Waals surface area contributed by atoms with Gasteiger partial charge in [-0.25, -0.2) is 14.4 Å². The molecule has 2 aliphatic rings. The lowest BCUT2D eigenvalue weighted by Gasteiger charge is -2.48. The van der Waals surface area contributed by atoms with Crippen molar-refractivity contribution < 1.29 is 59.3 Å². The third-order valence-corrected chi connectivity index (χ3v) is 6.25. The summed E-state index contributed by atoms with van der Waals surface area (Å²) >= 11 is 0. The van der Waals surface area contributed by atoms with Crippen molar-refractivity contribution in [3.05, 3.63) is 47.5 Å². The number of carboxylic acid groups (broad SMARTS) is 3. The molecule has 0 amide bonds. The lowest BCUT2D eigenvalue weighted by molar-refractivity contribution is -0.371. The molecule has 3 rings (SSSR count). The van der Waals surface area contributed by atoms with E-state index in [0.717, 1.165) is 5.56 Å². The molecule has 0 spiro atoms. The molecule has 0 saturated carbocycles. The third kappa shape index (κ3) is 3.69. The Morgan fingerprint density at radius 1 is 1.00 bits per heavy atom. The van der Waals surface area contributed by atoms with Gasteiger partial charge >= 0.3 is 17.9 Å². The van der Waals surface area contributed by atoms with Gasteiger partial charge in [-0.1, -0.05) is 36.4 Å². The zero-order valence-corrected chi connectivity index (χ0v) is 18.0. The van der Waals surface area contributed by atoms with E-state index in [2.05, 4.69) is 0 Å². The van der Waals surface area contributed by atoms with Crippen molar-refractivity contribution in [3.8, 4) is 0 Å². The zero-order valence-electron chi connectivity index (χ0n) is 18.0. The number of allylic oxidation sites excluding steroid dienone is 1. The number of aliphatic hydroxyl groups is 3. The van der Waals surface area contributed by atoms with E-state index in [1.807, 2.05) is 30.3 Å². The summed E-state index contributed by atoms with van der Waals surface area (Å²) in [6, 6.07) is 9.14. The monoisotopic (exact) mass is 480 g/mol. The highest BCUT2D eigenvalue weighted by molar-refractivity contribution is 5.98. The fourth-order valence-corrected chi connectivity index (χ4v) is 4.29. The molecular formula is C22H24O12. The Hall–Kier alpha value is -3.16. The normalized spacial score (nSPS) is 35.1. The van der Waals surface area contributed by atoms with Crippen LogP contribution in [-0.4, -0.2) is 89.6 Å². The van der Waals surface area contributed by atoms with Crippen molar-refractivity contribution in [2.75, 3.05) is 0 Å². The van der Waals surface area contributed by atoms with E-state index < -0.39 is 59.6 Å². The Balaban J connectivity index is 1.92. The van der Waals surface area contributed by atoms with E-state index in [1.165, 1.54) is 13.0 Å². The summed E-state index contributed by atoms with van der Waals surface area (Å²) in [5.41, 5.74) is -6.20. The SMILES string of the molecule is C/C(=C\CC12OC(C(=O)O)C(O)(C(=O)O)C(C(=O)O)(O1)C(O)C2O)C(=O)CCc1ccccc1. The van der Waals surface area contributed by atoms with Crippen molar-refractivity contribution in [1.29, 1.82) is 0 Å². The predicted octanol–water partition coefficient (Wildman–Crippen LogP) is -0.904. The van der Waals surface area contributed by atoms with Crippen LogP contribution in [0.5, 0.6) is 0 Å². The number of aryl methyl sites for hydroxylation is 1. The van der Waals surface area contributed by atoms with Crippen LogP contribution in [0, 0.1) is 0 Å². The molecule has 1 aromatic carbocycles. The number of carbonyl (C=O) groups excluding carboxylic acids is 1. The lowest BCUT2D eigenvalue weighted by Crippen LogP contribution is -2.77. The number of carboxylic acids is 3. The van der Waals surface area contributed by atoms with Crippen LogP contribution in [0.4, 0.5) is 0 Å².